The van der Waals surface area contributed by atoms with E-state index in [2.05, 4.69) is 60.6 Å². The fraction of sp³-hybridized carbons (Fsp3) is 0.412. The summed E-state index contributed by atoms with van der Waals surface area (Å²) in [5.74, 6) is 1.12. The highest BCUT2D eigenvalue weighted by Gasteiger charge is 2.20. The Morgan fingerprint density at radius 2 is 1.98 bits per heavy atom. The molecule has 6 nitrogen and oxygen atoms in total. The summed E-state index contributed by atoms with van der Waals surface area (Å²) < 4.78 is 11.2. The Hall–Kier alpha value is -3.82. The van der Waals surface area contributed by atoms with Crippen molar-refractivity contribution in [1.29, 1.82) is 0 Å². The molecule has 0 aliphatic rings. The highest BCUT2D eigenvalue weighted by atomic mass is 16.5. The quantitative estimate of drug-likeness (QED) is 0.0669. The van der Waals surface area contributed by atoms with Gasteiger partial charge in [0.15, 0.2) is 0 Å². The maximum atomic E-state index is 12.5. The van der Waals surface area contributed by atoms with Gasteiger partial charge in [-0.15, -0.1) is 0 Å². The number of oxazole rings is 1. The molecule has 0 spiro atoms. The van der Waals surface area contributed by atoms with Crippen LogP contribution in [0.4, 0.5) is 0 Å². The van der Waals surface area contributed by atoms with Gasteiger partial charge in [-0.1, -0.05) is 87.9 Å². The molecule has 1 aromatic carbocycles. The molecule has 0 saturated heterocycles. The number of allylic oxidation sites excluding steroid dienone is 5. The maximum Gasteiger partial charge on any atom is 0.309 e. The monoisotopic (exact) mass is 543 g/mol. The maximum absolute atomic E-state index is 12.5. The van der Waals surface area contributed by atoms with Crippen LogP contribution in [-0.2, 0) is 29.0 Å². The summed E-state index contributed by atoms with van der Waals surface area (Å²) in [5, 5.41) is 2.76. The molecule has 1 unspecified atom stereocenters. The van der Waals surface area contributed by atoms with Crippen molar-refractivity contribution in [2.45, 2.75) is 72.4 Å². The van der Waals surface area contributed by atoms with E-state index < -0.39 is 0 Å². The van der Waals surface area contributed by atoms with Crippen molar-refractivity contribution < 1.29 is 13.9 Å². The van der Waals surface area contributed by atoms with Crippen LogP contribution in [0.5, 0.6) is 0 Å². The van der Waals surface area contributed by atoms with Gasteiger partial charge < -0.3 is 14.5 Å². The van der Waals surface area contributed by atoms with Gasteiger partial charge in [0.1, 0.15) is 5.76 Å². The minimum absolute atomic E-state index is 0.0947. The molecule has 214 valence electrons. The molecule has 2 rings (SSSR count). The number of benzene rings is 1. The van der Waals surface area contributed by atoms with Gasteiger partial charge in [0.05, 0.1) is 18.2 Å². The first-order valence-electron chi connectivity index (χ1n) is 14.2. The number of hydrogen-bond donors (Lipinski definition) is 1. The van der Waals surface area contributed by atoms with E-state index in [9.17, 15) is 4.79 Å². The molecule has 0 radical (unpaired) electrons. The average molecular weight is 544 g/mol. The van der Waals surface area contributed by atoms with Crippen LogP contribution in [0.15, 0.2) is 72.3 Å². The molecule has 1 atom stereocenters. The van der Waals surface area contributed by atoms with E-state index in [0.29, 0.717) is 31.0 Å². The normalized spacial score (nSPS) is 12.1. The van der Waals surface area contributed by atoms with Crippen molar-refractivity contribution in [3.8, 4) is 12.5 Å². The highest BCUT2D eigenvalue weighted by molar-refractivity contribution is 5.72. The molecule has 0 amide bonds. The van der Waals surface area contributed by atoms with Gasteiger partial charge in [0.2, 0.25) is 5.89 Å². The largest absolute Gasteiger partial charge is 0.466 e. The Bertz CT molecular complexity index is 1170. The van der Waals surface area contributed by atoms with Crippen molar-refractivity contribution in [1.82, 2.24) is 15.2 Å². The number of aryl methyl sites for hydroxylation is 1. The lowest BCUT2D eigenvalue weighted by Gasteiger charge is -2.22. The Morgan fingerprint density at radius 3 is 2.65 bits per heavy atom. The number of esters is 1. The van der Waals surface area contributed by atoms with Crippen molar-refractivity contribution in [2.24, 2.45) is 5.92 Å². The predicted octanol–water partition coefficient (Wildman–Crippen LogP) is 7.13. The molecule has 0 bridgehead atoms. The number of carbonyl (C=O) groups is 1. The van der Waals surface area contributed by atoms with Crippen LogP contribution in [0.25, 0.3) is 5.57 Å². The van der Waals surface area contributed by atoms with Crippen molar-refractivity contribution in [2.75, 3.05) is 13.2 Å². The molecule has 0 saturated carbocycles. The van der Waals surface area contributed by atoms with Crippen LogP contribution in [0.3, 0.4) is 0 Å². The first kappa shape index (κ1) is 32.4. The molecule has 1 heterocycles. The second-order valence-electron chi connectivity index (χ2n) is 9.80. The Balaban J connectivity index is 2.13. The Labute approximate surface area is 240 Å². The standard InChI is InChI=1S/C34H45N3O3/c1-7-11-16-27(5)33-36-32(28(6)40-33)26-37(23-15-13-14-22-35-9-3)25-30-20-18-29(19-21-30)24-31(17-12-8-2)34(38)39-10-4/h3,7,11,14,16,18-22,31,35H,1,5,8,10,12-13,15,17,23-26H2,2,4,6H3/b16-11-,22-14-. The zero-order chi connectivity index (χ0) is 29.2. The number of unbranched alkanes of at least 4 members (excludes halogenated alkanes) is 2. The van der Waals surface area contributed by atoms with E-state index >= 15 is 0 Å². The minimum atomic E-state index is -0.0975. The van der Waals surface area contributed by atoms with Gasteiger partial charge in [-0.3, -0.25) is 9.69 Å². The number of rotatable bonds is 19. The smallest absolute Gasteiger partial charge is 0.309 e. The molecule has 0 fully saturated rings. The Kier molecular flexibility index (Phi) is 15.0. The number of terminal acetylenes is 1. The van der Waals surface area contributed by atoms with E-state index in [0.717, 1.165) is 62.2 Å². The van der Waals surface area contributed by atoms with Crippen LogP contribution < -0.4 is 5.32 Å². The third kappa shape index (κ3) is 11.5. The molecular weight excluding hydrogens is 498 g/mol. The fourth-order valence-electron chi connectivity index (χ4n) is 4.35. The van der Waals surface area contributed by atoms with Crippen LogP contribution in [0, 0.1) is 25.3 Å². The molecule has 6 heteroatoms. The van der Waals surface area contributed by atoms with E-state index in [1.807, 2.05) is 32.1 Å². The summed E-state index contributed by atoms with van der Waals surface area (Å²) in [6, 6.07) is 11.0. The number of aromatic nitrogens is 1. The number of ether oxygens (including phenoxy) is 1. The average Bonchev–Trinajstić information content (AvgIpc) is 3.32. The number of carbonyl (C=O) groups excluding carboxylic acids is 1. The topological polar surface area (TPSA) is 67.6 Å². The molecule has 1 aromatic heterocycles. The lowest BCUT2D eigenvalue weighted by molar-refractivity contribution is -0.148. The molecule has 40 heavy (non-hydrogen) atoms. The van der Waals surface area contributed by atoms with Gasteiger partial charge in [-0.2, -0.15) is 0 Å². The first-order valence-corrected chi connectivity index (χ1v) is 14.2. The van der Waals surface area contributed by atoms with Gasteiger partial charge >= 0.3 is 5.97 Å². The minimum Gasteiger partial charge on any atom is -0.466 e. The molecule has 0 aliphatic carbocycles. The zero-order valence-electron chi connectivity index (χ0n) is 24.5. The summed E-state index contributed by atoms with van der Waals surface area (Å²) >= 11 is 0. The first-order chi connectivity index (χ1) is 19.4. The summed E-state index contributed by atoms with van der Waals surface area (Å²) in [4.78, 5) is 19.6. The predicted molar refractivity (Wildman–Crippen MR) is 164 cm³/mol. The van der Waals surface area contributed by atoms with Gasteiger partial charge in [0.25, 0.3) is 0 Å². The SMILES string of the molecule is C#CN/C=C\CCCN(Cc1ccc(CC(CCCC)C(=O)OCC)cc1)Cc1nc(C(=C)/C=C\C=C)oc1C. The third-order valence-corrected chi connectivity index (χ3v) is 6.54. The second-order valence-corrected chi connectivity index (χ2v) is 9.80. The van der Waals surface area contributed by atoms with Crippen LogP contribution >= 0.6 is 0 Å². The summed E-state index contributed by atoms with van der Waals surface area (Å²) in [5.41, 5.74) is 3.97. The highest BCUT2D eigenvalue weighted by Crippen LogP contribution is 2.22. The summed E-state index contributed by atoms with van der Waals surface area (Å²) in [6.07, 6.45) is 19.9. The van der Waals surface area contributed by atoms with Crippen molar-refractivity contribution in [3.63, 3.8) is 0 Å². The van der Waals surface area contributed by atoms with E-state index in [-0.39, 0.29) is 11.9 Å². The van der Waals surface area contributed by atoms with Crippen LogP contribution in [-0.4, -0.2) is 29.0 Å². The van der Waals surface area contributed by atoms with E-state index in [1.165, 1.54) is 5.56 Å². The number of nitrogens with one attached hydrogen (secondary N) is 1. The van der Waals surface area contributed by atoms with Crippen molar-refractivity contribution in [3.05, 3.63) is 96.4 Å². The number of nitrogens with zero attached hydrogens (tertiary/aromatic N) is 2. The van der Waals surface area contributed by atoms with Gasteiger partial charge in [0, 0.05) is 30.9 Å². The van der Waals surface area contributed by atoms with Crippen LogP contribution in [0.1, 0.15) is 74.4 Å². The summed E-state index contributed by atoms with van der Waals surface area (Å²) in [7, 11) is 0. The number of hydrogen-bond acceptors (Lipinski definition) is 6. The van der Waals surface area contributed by atoms with Gasteiger partial charge in [-0.25, -0.2) is 4.98 Å². The van der Waals surface area contributed by atoms with E-state index in [1.54, 1.807) is 12.3 Å². The molecule has 1 N–H and O–H groups in total. The fourth-order valence-corrected chi connectivity index (χ4v) is 4.35. The van der Waals surface area contributed by atoms with Crippen molar-refractivity contribution >= 4 is 11.5 Å². The van der Waals surface area contributed by atoms with Crippen LogP contribution in [0.2, 0.25) is 0 Å². The lowest BCUT2D eigenvalue weighted by atomic mass is 9.93. The van der Waals surface area contributed by atoms with Gasteiger partial charge in [-0.05, 0) is 57.2 Å². The second kappa shape index (κ2) is 18.5. The third-order valence-electron chi connectivity index (χ3n) is 6.54. The molecular formula is C34H45N3O3. The molecule has 0 aliphatic heterocycles. The Morgan fingerprint density at radius 1 is 1.23 bits per heavy atom. The molecule has 2 aromatic rings. The zero-order valence-corrected chi connectivity index (χ0v) is 24.5. The summed E-state index contributed by atoms with van der Waals surface area (Å²) in [6.45, 7) is 16.4. The van der Waals surface area contributed by atoms with E-state index in [4.69, 9.17) is 20.6 Å². The lowest BCUT2D eigenvalue weighted by Crippen LogP contribution is -2.24.